The molecule has 0 saturated carbocycles. The van der Waals surface area contributed by atoms with Gasteiger partial charge in [-0.3, -0.25) is 19.0 Å². The van der Waals surface area contributed by atoms with Gasteiger partial charge in [-0.05, 0) is 19.4 Å². The number of thiazole rings is 1. The predicted octanol–water partition coefficient (Wildman–Crippen LogP) is 1.59. The van der Waals surface area contributed by atoms with Crippen LogP contribution in [-0.2, 0) is 22.6 Å². The number of thiophene rings is 1. The van der Waals surface area contributed by atoms with Gasteiger partial charge in [0.2, 0.25) is 11.8 Å². The van der Waals surface area contributed by atoms with Crippen molar-refractivity contribution in [2.45, 2.75) is 33.2 Å². The van der Waals surface area contributed by atoms with Crippen molar-refractivity contribution in [1.82, 2.24) is 14.5 Å². The smallest absolute Gasteiger partial charge is 0.262 e. The first-order chi connectivity index (χ1) is 12.3. The molecule has 2 amide bonds. The molecule has 8 nitrogen and oxygen atoms in total. The maximum Gasteiger partial charge on any atom is 0.262 e. The van der Waals surface area contributed by atoms with Crippen molar-refractivity contribution >= 4 is 49.8 Å². The van der Waals surface area contributed by atoms with Gasteiger partial charge in [-0.2, -0.15) is 0 Å². The zero-order chi connectivity index (χ0) is 18.8. The van der Waals surface area contributed by atoms with Crippen LogP contribution in [0.2, 0.25) is 0 Å². The van der Waals surface area contributed by atoms with E-state index in [1.807, 2.05) is 13.8 Å². The van der Waals surface area contributed by atoms with Crippen LogP contribution in [0.5, 0.6) is 0 Å². The average molecular weight is 391 g/mol. The minimum Gasteiger partial charge on any atom is -0.369 e. The molecule has 0 spiro atoms. The summed E-state index contributed by atoms with van der Waals surface area (Å²) in [5.41, 5.74) is 6.43. The van der Waals surface area contributed by atoms with Crippen molar-refractivity contribution in [3.63, 3.8) is 0 Å². The Labute approximate surface area is 156 Å². The van der Waals surface area contributed by atoms with Gasteiger partial charge in [-0.1, -0.05) is 0 Å². The molecule has 0 aliphatic carbocycles. The number of nitrogens with two attached hydrogens (primary N) is 1. The van der Waals surface area contributed by atoms with Crippen LogP contribution >= 0.6 is 22.7 Å². The first kappa shape index (κ1) is 18.2. The zero-order valence-electron chi connectivity index (χ0n) is 14.2. The molecule has 3 aromatic rings. The second kappa shape index (κ2) is 7.34. The average Bonchev–Trinajstić information content (AvgIpc) is 3.11. The quantitative estimate of drug-likeness (QED) is 0.661. The van der Waals surface area contributed by atoms with E-state index in [4.69, 9.17) is 5.73 Å². The fourth-order valence-electron chi connectivity index (χ4n) is 2.46. The third-order valence-electron chi connectivity index (χ3n) is 3.89. The number of primary amides is 1. The van der Waals surface area contributed by atoms with Crippen molar-refractivity contribution in [2.24, 2.45) is 5.73 Å². The van der Waals surface area contributed by atoms with E-state index in [0.717, 1.165) is 15.3 Å². The molecule has 0 unspecified atom stereocenters. The Balaban J connectivity index is 1.66. The molecule has 10 heteroatoms. The molecule has 136 valence electrons. The van der Waals surface area contributed by atoms with Gasteiger partial charge in [0.1, 0.15) is 4.83 Å². The standard InChI is InChI=1S/C16H17N5O3S2/c1-8-9(2)26-14-13(8)15(24)21(7-18-14)4-3-12(23)20-16-19-10(6-25-16)5-11(17)22/h6-7H,3-5H2,1-2H3,(H2,17,22)(H,19,20,23). The maximum atomic E-state index is 12.6. The number of carbonyl (C=O) groups excluding carboxylic acids is 2. The van der Waals surface area contributed by atoms with Crippen molar-refractivity contribution in [2.75, 3.05) is 5.32 Å². The summed E-state index contributed by atoms with van der Waals surface area (Å²) in [6, 6.07) is 0. The fraction of sp³-hybridized carbons (Fsp3) is 0.312. The monoisotopic (exact) mass is 391 g/mol. The Bertz CT molecular complexity index is 1050. The topological polar surface area (TPSA) is 120 Å². The number of amides is 2. The van der Waals surface area contributed by atoms with Gasteiger partial charge < -0.3 is 11.1 Å². The Morgan fingerprint density at radius 2 is 2.12 bits per heavy atom. The highest BCUT2D eigenvalue weighted by molar-refractivity contribution is 7.18. The number of fused-ring (bicyclic) bond motifs is 1. The molecule has 26 heavy (non-hydrogen) atoms. The highest BCUT2D eigenvalue weighted by Crippen LogP contribution is 2.25. The molecule has 0 aliphatic heterocycles. The summed E-state index contributed by atoms with van der Waals surface area (Å²) in [7, 11) is 0. The predicted molar refractivity (Wildman–Crippen MR) is 102 cm³/mol. The maximum absolute atomic E-state index is 12.6. The van der Waals surface area contributed by atoms with Gasteiger partial charge in [-0.15, -0.1) is 22.7 Å². The second-order valence-corrected chi connectivity index (χ2v) is 7.85. The van der Waals surface area contributed by atoms with E-state index in [2.05, 4.69) is 15.3 Å². The van der Waals surface area contributed by atoms with Crippen LogP contribution in [-0.4, -0.2) is 26.3 Å². The third-order valence-corrected chi connectivity index (χ3v) is 5.81. The molecule has 3 aromatic heterocycles. The minimum atomic E-state index is -0.477. The van der Waals surface area contributed by atoms with Crippen LogP contribution in [0.3, 0.4) is 0 Å². The van der Waals surface area contributed by atoms with E-state index in [9.17, 15) is 14.4 Å². The number of anilines is 1. The summed E-state index contributed by atoms with van der Waals surface area (Å²) in [6.07, 6.45) is 1.62. The molecular weight excluding hydrogens is 374 g/mol. The van der Waals surface area contributed by atoms with Gasteiger partial charge in [0, 0.05) is 23.2 Å². The Kier molecular flexibility index (Phi) is 5.14. The number of hydrogen-bond acceptors (Lipinski definition) is 7. The largest absolute Gasteiger partial charge is 0.369 e. The summed E-state index contributed by atoms with van der Waals surface area (Å²) in [4.78, 5) is 45.8. The van der Waals surface area contributed by atoms with Gasteiger partial charge in [-0.25, -0.2) is 9.97 Å². The van der Waals surface area contributed by atoms with E-state index >= 15 is 0 Å². The fourth-order valence-corrected chi connectivity index (χ4v) is 4.17. The van der Waals surface area contributed by atoms with Gasteiger partial charge in [0.05, 0.1) is 23.8 Å². The molecule has 3 rings (SSSR count). The van der Waals surface area contributed by atoms with Crippen LogP contribution in [0.1, 0.15) is 22.6 Å². The summed E-state index contributed by atoms with van der Waals surface area (Å²) in [6.45, 7) is 4.08. The van der Waals surface area contributed by atoms with Gasteiger partial charge >= 0.3 is 0 Å². The van der Waals surface area contributed by atoms with Crippen LogP contribution < -0.4 is 16.6 Å². The van der Waals surface area contributed by atoms with Crippen molar-refractivity contribution in [3.05, 3.63) is 38.2 Å². The molecule has 0 bridgehead atoms. The Morgan fingerprint density at radius 3 is 2.85 bits per heavy atom. The van der Waals surface area contributed by atoms with Crippen molar-refractivity contribution in [3.8, 4) is 0 Å². The normalized spacial score (nSPS) is 11.0. The molecule has 3 N–H and O–H groups in total. The number of aromatic nitrogens is 3. The van der Waals surface area contributed by atoms with Crippen molar-refractivity contribution < 1.29 is 9.59 Å². The van der Waals surface area contributed by atoms with E-state index in [-0.39, 0.29) is 30.9 Å². The molecule has 0 saturated heterocycles. The lowest BCUT2D eigenvalue weighted by atomic mass is 10.2. The lowest BCUT2D eigenvalue weighted by molar-refractivity contribution is -0.117. The minimum absolute atomic E-state index is 0.0346. The SMILES string of the molecule is Cc1sc2ncn(CCC(=O)Nc3nc(CC(N)=O)cs3)c(=O)c2c1C. The number of hydrogen-bond donors (Lipinski definition) is 2. The van der Waals surface area contributed by atoms with Gasteiger partial charge in [0.15, 0.2) is 5.13 Å². The highest BCUT2D eigenvalue weighted by Gasteiger charge is 2.13. The summed E-state index contributed by atoms with van der Waals surface area (Å²) < 4.78 is 1.45. The summed E-state index contributed by atoms with van der Waals surface area (Å²) >= 11 is 2.71. The lowest BCUT2D eigenvalue weighted by Gasteiger charge is -2.05. The number of nitrogens with one attached hydrogen (secondary N) is 1. The zero-order valence-corrected chi connectivity index (χ0v) is 15.9. The van der Waals surface area contributed by atoms with E-state index in [1.54, 1.807) is 5.38 Å². The van der Waals surface area contributed by atoms with E-state index < -0.39 is 5.91 Å². The first-order valence-electron chi connectivity index (χ1n) is 7.83. The Morgan fingerprint density at radius 1 is 1.35 bits per heavy atom. The molecular formula is C16H17N5O3S2. The lowest BCUT2D eigenvalue weighted by Crippen LogP contribution is -2.23. The molecule has 3 heterocycles. The molecule has 0 aliphatic rings. The van der Waals surface area contributed by atoms with Crippen LogP contribution in [0, 0.1) is 13.8 Å². The molecule has 0 aromatic carbocycles. The number of carbonyl (C=O) groups is 2. The summed E-state index contributed by atoms with van der Waals surface area (Å²) in [5, 5.41) is 5.35. The second-order valence-electron chi connectivity index (χ2n) is 5.79. The van der Waals surface area contributed by atoms with Crippen molar-refractivity contribution in [1.29, 1.82) is 0 Å². The summed E-state index contributed by atoms with van der Waals surface area (Å²) in [5.74, 6) is -0.746. The Hall–Kier alpha value is -2.59. The highest BCUT2D eigenvalue weighted by atomic mass is 32.1. The van der Waals surface area contributed by atoms with Gasteiger partial charge in [0.25, 0.3) is 5.56 Å². The molecule has 0 fully saturated rings. The number of rotatable bonds is 6. The van der Waals surface area contributed by atoms with Crippen LogP contribution in [0.25, 0.3) is 10.2 Å². The first-order valence-corrected chi connectivity index (χ1v) is 9.52. The number of nitrogens with zero attached hydrogens (tertiary/aromatic N) is 3. The molecule has 0 atom stereocenters. The third kappa shape index (κ3) is 3.81. The van der Waals surface area contributed by atoms with Crippen LogP contribution in [0.4, 0.5) is 5.13 Å². The van der Waals surface area contributed by atoms with E-state index in [0.29, 0.717) is 16.2 Å². The van der Waals surface area contributed by atoms with E-state index in [1.165, 1.54) is 33.6 Å². The molecule has 0 radical (unpaired) electrons. The van der Waals surface area contributed by atoms with Crippen LogP contribution in [0.15, 0.2) is 16.5 Å². The number of aryl methyl sites for hydroxylation is 3.